The van der Waals surface area contributed by atoms with Crippen molar-refractivity contribution >= 4 is 11.7 Å². The molecule has 0 unspecified atom stereocenters. The van der Waals surface area contributed by atoms with Gasteiger partial charge in [-0.25, -0.2) is 0 Å². The van der Waals surface area contributed by atoms with E-state index >= 15 is 0 Å². The first-order valence-electron chi connectivity index (χ1n) is 2.43. The van der Waals surface area contributed by atoms with E-state index in [2.05, 4.69) is 15.2 Å². The van der Waals surface area contributed by atoms with E-state index in [0.29, 0.717) is 5.84 Å². The van der Waals surface area contributed by atoms with Crippen LogP contribution in [0, 0.1) is 0 Å². The number of aliphatic imine (C=N–C) groups is 1. The van der Waals surface area contributed by atoms with Crippen LogP contribution in [-0.2, 0) is 4.79 Å². The summed E-state index contributed by atoms with van der Waals surface area (Å²) in [4.78, 5) is 14.0. The number of carbonyl (C=O) groups excluding carboxylic acids is 1. The summed E-state index contributed by atoms with van der Waals surface area (Å²) >= 11 is 0. The highest BCUT2D eigenvalue weighted by Gasteiger charge is 1.99. The van der Waals surface area contributed by atoms with E-state index in [1.807, 2.05) is 0 Å². The summed E-state index contributed by atoms with van der Waals surface area (Å²) < 4.78 is 0. The summed E-state index contributed by atoms with van der Waals surface area (Å²) in [6, 6.07) is 0. The molecule has 0 bridgehead atoms. The zero-order chi connectivity index (χ0) is 6.69. The van der Waals surface area contributed by atoms with Crippen LogP contribution in [0.1, 0.15) is 0 Å². The normalized spacial score (nSPS) is 21.4. The minimum Gasteiger partial charge on any atom is -0.269 e. The van der Waals surface area contributed by atoms with E-state index in [-0.39, 0.29) is 5.91 Å². The first-order valence-corrected chi connectivity index (χ1v) is 2.43. The van der Waals surface area contributed by atoms with Gasteiger partial charge in [0.25, 0.3) is 5.91 Å². The van der Waals surface area contributed by atoms with Gasteiger partial charge in [-0.05, 0) is 6.08 Å². The van der Waals surface area contributed by atoms with Crippen LogP contribution in [0.3, 0.4) is 0 Å². The predicted molar refractivity (Wildman–Crippen MR) is 32.4 cm³/mol. The molecule has 0 aromatic rings. The molecule has 0 spiro atoms. The van der Waals surface area contributed by atoms with Crippen molar-refractivity contribution in [2.24, 2.45) is 15.2 Å². The number of carbonyl (C=O) groups is 1. The van der Waals surface area contributed by atoms with E-state index < -0.39 is 0 Å². The highest BCUT2D eigenvalue weighted by Crippen LogP contribution is 1.94. The van der Waals surface area contributed by atoms with Crippen molar-refractivity contribution in [1.82, 2.24) is 0 Å². The van der Waals surface area contributed by atoms with Crippen molar-refractivity contribution in [2.45, 2.75) is 0 Å². The van der Waals surface area contributed by atoms with Gasteiger partial charge in [0.05, 0.1) is 0 Å². The first-order chi connectivity index (χ1) is 4.33. The van der Waals surface area contributed by atoms with Crippen LogP contribution in [0.5, 0.6) is 0 Å². The smallest absolute Gasteiger partial charge is 0.269 e. The number of nitrogens with zero attached hydrogens (tertiary/aromatic N) is 3. The van der Waals surface area contributed by atoms with E-state index in [1.165, 1.54) is 12.2 Å². The summed E-state index contributed by atoms with van der Waals surface area (Å²) in [5.74, 6) is 0.150. The Bertz CT molecular complexity index is 196. The minimum atomic E-state index is -0.331. The van der Waals surface area contributed by atoms with Crippen molar-refractivity contribution < 1.29 is 4.79 Å². The molecule has 0 aliphatic carbocycles. The Labute approximate surface area is 52.0 Å². The number of amides is 1. The number of amidine groups is 1. The summed E-state index contributed by atoms with van der Waals surface area (Å²) in [6.07, 6.45) is 2.85. The molecule has 0 saturated heterocycles. The largest absolute Gasteiger partial charge is 0.288 e. The molecule has 1 aliphatic heterocycles. The maximum absolute atomic E-state index is 10.3. The monoisotopic (exact) mass is 123 g/mol. The van der Waals surface area contributed by atoms with Gasteiger partial charge in [-0.15, -0.1) is 10.2 Å². The van der Waals surface area contributed by atoms with Crippen molar-refractivity contribution in [3.63, 3.8) is 0 Å². The van der Waals surface area contributed by atoms with E-state index in [0.717, 1.165) is 0 Å². The molecule has 0 aromatic heterocycles. The summed E-state index contributed by atoms with van der Waals surface area (Å²) in [5.41, 5.74) is 0. The molecule has 1 amide bonds. The molecule has 1 heterocycles. The quantitative estimate of drug-likeness (QED) is 0.464. The number of rotatable bonds is 0. The third kappa shape index (κ3) is 1.28. The second-order valence-corrected chi connectivity index (χ2v) is 1.45. The summed E-state index contributed by atoms with van der Waals surface area (Å²) in [7, 11) is 1.59. The molecule has 0 saturated carbocycles. The zero-order valence-electron chi connectivity index (χ0n) is 4.90. The highest BCUT2D eigenvalue weighted by atomic mass is 16.1. The Morgan fingerprint density at radius 2 is 2.22 bits per heavy atom. The lowest BCUT2D eigenvalue weighted by Crippen LogP contribution is -1.97. The lowest BCUT2D eigenvalue weighted by molar-refractivity contribution is -0.113. The molecule has 0 fully saturated rings. The molecular weight excluding hydrogens is 118 g/mol. The van der Waals surface area contributed by atoms with Crippen LogP contribution >= 0.6 is 0 Å². The number of azo groups is 1. The van der Waals surface area contributed by atoms with E-state index in [9.17, 15) is 4.79 Å². The Morgan fingerprint density at radius 1 is 1.44 bits per heavy atom. The van der Waals surface area contributed by atoms with Crippen molar-refractivity contribution in [3.8, 4) is 0 Å². The Kier molecular flexibility index (Phi) is 1.48. The fourth-order valence-corrected chi connectivity index (χ4v) is 0.432. The lowest BCUT2D eigenvalue weighted by Gasteiger charge is -1.91. The van der Waals surface area contributed by atoms with Gasteiger partial charge in [-0.2, -0.15) is 0 Å². The van der Waals surface area contributed by atoms with Gasteiger partial charge in [-0.1, -0.05) is 0 Å². The molecule has 0 atom stereocenters. The van der Waals surface area contributed by atoms with Crippen molar-refractivity contribution in [1.29, 1.82) is 0 Å². The summed E-state index contributed by atoms with van der Waals surface area (Å²) in [6.45, 7) is 0. The van der Waals surface area contributed by atoms with Crippen LogP contribution in [0.4, 0.5) is 0 Å². The van der Waals surface area contributed by atoms with Crippen LogP contribution in [0.25, 0.3) is 0 Å². The van der Waals surface area contributed by atoms with Gasteiger partial charge in [0, 0.05) is 13.1 Å². The van der Waals surface area contributed by atoms with Crippen LogP contribution in [-0.4, -0.2) is 18.8 Å². The molecule has 1 rings (SSSR count). The van der Waals surface area contributed by atoms with Crippen molar-refractivity contribution in [3.05, 3.63) is 12.2 Å². The molecule has 0 aromatic carbocycles. The molecule has 46 valence electrons. The first kappa shape index (κ1) is 5.81. The summed E-state index contributed by atoms with van der Waals surface area (Å²) in [5, 5.41) is 6.72. The topological polar surface area (TPSA) is 54.1 Å². The fraction of sp³-hybridized carbons (Fsp3) is 0.200. The number of hydrogen-bond donors (Lipinski definition) is 0. The van der Waals surface area contributed by atoms with Gasteiger partial charge in [0.15, 0.2) is 5.84 Å². The maximum Gasteiger partial charge on any atom is 0.288 e. The Morgan fingerprint density at radius 3 is 2.67 bits per heavy atom. The Hall–Kier alpha value is -1.32. The molecule has 4 nitrogen and oxygen atoms in total. The van der Waals surface area contributed by atoms with Crippen LogP contribution in [0.2, 0.25) is 0 Å². The predicted octanol–water partition coefficient (Wildman–Crippen LogP) is 0.563. The molecule has 1 aliphatic rings. The van der Waals surface area contributed by atoms with Crippen LogP contribution in [0.15, 0.2) is 27.4 Å². The zero-order valence-corrected chi connectivity index (χ0v) is 4.90. The standard InChI is InChI=1S/C5H5N3O/c1-6-4-2-3-5(9)8-7-4/h2-3H,1H3. The number of hydrogen-bond acceptors (Lipinski definition) is 2. The molecule has 0 radical (unpaired) electrons. The molecule has 9 heavy (non-hydrogen) atoms. The van der Waals surface area contributed by atoms with Gasteiger partial charge >= 0.3 is 0 Å². The highest BCUT2D eigenvalue weighted by molar-refractivity contribution is 6.03. The Balaban J connectivity index is 2.82. The van der Waals surface area contributed by atoms with Gasteiger partial charge in [0.1, 0.15) is 0 Å². The molecule has 0 N–H and O–H groups in total. The van der Waals surface area contributed by atoms with Gasteiger partial charge < -0.3 is 0 Å². The third-order valence-electron chi connectivity index (χ3n) is 0.855. The second-order valence-electron chi connectivity index (χ2n) is 1.45. The fourth-order valence-electron chi connectivity index (χ4n) is 0.432. The molecule has 4 heteroatoms. The third-order valence-corrected chi connectivity index (χ3v) is 0.855. The SMILES string of the molecule is CN=C1C=CC(=O)N=N1. The lowest BCUT2D eigenvalue weighted by atomic mass is 10.4. The van der Waals surface area contributed by atoms with Gasteiger partial charge in [-0.3, -0.25) is 9.79 Å². The van der Waals surface area contributed by atoms with E-state index in [1.54, 1.807) is 7.05 Å². The van der Waals surface area contributed by atoms with Crippen LogP contribution < -0.4 is 0 Å². The average molecular weight is 123 g/mol. The average Bonchev–Trinajstić information content (AvgIpc) is 1.90. The second kappa shape index (κ2) is 2.30. The maximum atomic E-state index is 10.3. The molecular formula is C5H5N3O. The van der Waals surface area contributed by atoms with Crippen molar-refractivity contribution in [2.75, 3.05) is 7.05 Å². The van der Waals surface area contributed by atoms with Gasteiger partial charge in [0.2, 0.25) is 0 Å². The van der Waals surface area contributed by atoms with E-state index in [4.69, 9.17) is 0 Å². The minimum absolute atomic E-state index is 0.331.